The number of primary amides is 1. The molecule has 0 saturated heterocycles. The fraction of sp³-hybridized carbons (Fsp3) is 0.111. The van der Waals surface area contributed by atoms with E-state index in [1.165, 1.54) is 36.7 Å². The zero-order chi connectivity index (χ0) is 21.2. The Kier molecular flexibility index (Phi) is 5.55. The molecule has 0 fully saturated rings. The molecule has 1 aromatic carbocycles. The lowest BCUT2D eigenvalue weighted by Gasteiger charge is -2.14. The van der Waals surface area contributed by atoms with Crippen molar-refractivity contribution in [2.24, 2.45) is 5.73 Å². The van der Waals surface area contributed by atoms with Crippen LogP contribution >= 0.6 is 11.6 Å². The fourth-order valence-electron chi connectivity index (χ4n) is 2.50. The zero-order valence-electron chi connectivity index (χ0n) is 14.5. The molecule has 0 spiro atoms. The molecule has 2 aromatic heterocycles. The molecule has 0 saturated carbocycles. The van der Waals surface area contributed by atoms with Crippen molar-refractivity contribution in [2.75, 3.05) is 0 Å². The van der Waals surface area contributed by atoms with Crippen LogP contribution in [0.4, 0.5) is 13.2 Å². The minimum atomic E-state index is -4.84. The van der Waals surface area contributed by atoms with Crippen molar-refractivity contribution in [1.29, 1.82) is 0 Å². The Morgan fingerprint density at radius 2 is 1.90 bits per heavy atom. The number of aromatic nitrogens is 3. The Morgan fingerprint density at radius 1 is 1.21 bits per heavy atom. The fourth-order valence-corrected chi connectivity index (χ4v) is 2.67. The number of amides is 1. The van der Waals surface area contributed by atoms with E-state index in [1.54, 1.807) is 4.98 Å². The Labute approximate surface area is 166 Å². The van der Waals surface area contributed by atoms with Gasteiger partial charge in [0.15, 0.2) is 0 Å². The number of aromatic amines is 1. The minimum absolute atomic E-state index is 0.0468. The number of halogens is 4. The Bertz CT molecular complexity index is 1110. The van der Waals surface area contributed by atoms with Gasteiger partial charge in [0.2, 0.25) is 0 Å². The van der Waals surface area contributed by atoms with E-state index in [-0.39, 0.29) is 17.3 Å². The van der Waals surface area contributed by atoms with Crippen LogP contribution < -0.4 is 16.0 Å². The molecule has 0 unspecified atom stereocenters. The quantitative estimate of drug-likeness (QED) is 0.653. The number of carbonyl (C=O) groups is 1. The second-order valence-electron chi connectivity index (χ2n) is 5.81. The molecular formula is C18H12ClF3N4O3. The predicted octanol–water partition coefficient (Wildman–Crippen LogP) is 3.18. The first-order valence-electron chi connectivity index (χ1n) is 7.99. The summed E-state index contributed by atoms with van der Waals surface area (Å²) in [6, 6.07) is 6.39. The normalized spacial score (nSPS) is 11.3. The highest BCUT2D eigenvalue weighted by Crippen LogP contribution is 2.35. The first-order valence-corrected chi connectivity index (χ1v) is 8.37. The summed E-state index contributed by atoms with van der Waals surface area (Å²) in [7, 11) is 0. The molecule has 11 heteroatoms. The van der Waals surface area contributed by atoms with Crippen LogP contribution in [0.15, 0.2) is 47.5 Å². The van der Waals surface area contributed by atoms with Crippen LogP contribution in [0, 0.1) is 0 Å². The molecule has 0 bridgehead atoms. The Hall–Kier alpha value is -3.40. The van der Waals surface area contributed by atoms with Gasteiger partial charge in [-0.2, -0.15) is 13.2 Å². The average molecular weight is 425 g/mol. The van der Waals surface area contributed by atoms with E-state index < -0.39 is 34.5 Å². The minimum Gasteiger partial charge on any atom is -0.487 e. The third-order valence-electron chi connectivity index (χ3n) is 3.80. The molecule has 0 aliphatic carbocycles. The number of nitrogens with one attached hydrogen (secondary N) is 1. The summed E-state index contributed by atoms with van der Waals surface area (Å²) in [6.07, 6.45) is -2.02. The molecule has 0 aliphatic heterocycles. The maximum Gasteiger partial charge on any atom is 0.431 e. The third-order valence-corrected chi connectivity index (χ3v) is 3.98. The summed E-state index contributed by atoms with van der Waals surface area (Å²) in [4.78, 5) is 32.6. The van der Waals surface area contributed by atoms with E-state index in [0.717, 1.165) is 6.07 Å². The highest BCUT2D eigenvalue weighted by molar-refractivity contribution is 6.29. The monoisotopic (exact) mass is 424 g/mol. The van der Waals surface area contributed by atoms with Gasteiger partial charge < -0.3 is 15.5 Å². The van der Waals surface area contributed by atoms with Crippen LogP contribution in [0.25, 0.3) is 11.1 Å². The van der Waals surface area contributed by atoms with Gasteiger partial charge in [0, 0.05) is 5.56 Å². The van der Waals surface area contributed by atoms with Crippen LogP contribution in [-0.4, -0.2) is 20.9 Å². The summed E-state index contributed by atoms with van der Waals surface area (Å²) in [5.41, 5.74) is 2.18. The lowest BCUT2D eigenvalue weighted by Crippen LogP contribution is -2.27. The summed E-state index contributed by atoms with van der Waals surface area (Å²) >= 11 is 5.73. The molecule has 0 radical (unpaired) electrons. The van der Waals surface area contributed by atoms with Gasteiger partial charge in [-0.15, -0.1) is 0 Å². The van der Waals surface area contributed by atoms with Crippen molar-refractivity contribution in [1.82, 2.24) is 15.0 Å². The number of nitrogens with two attached hydrogens (primary N) is 1. The second-order valence-corrected chi connectivity index (χ2v) is 6.20. The van der Waals surface area contributed by atoms with E-state index in [9.17, 15) is 22.8 Å². The molecule has 7 nitrogen and oxygen atoms in total. The third kappa shape index (κ3) is 4.72. The molecule has 3 N–H and O–H groups in total. The molecule has 3 rings (SSSR count). The SMILES string of the molecule is NC(=O)c1cc(-c2ccc(OCc3cncc(Cl)n3)cc2)c(C(F)(F)F)[nH]c1=O. The number of alkyl halides is 3. The van der Waals surface area contributed by atoms with E-state index in [2.05, 4.69) is 9.97 Å². The molecule has 3 aromatic rings. The van der Waals surface area contributed by atoms with E-state index in [4.69, 9.17) is 22.1 Å². The summed E-state index contributed by atoms with van der Waals surface area (Å²) in [5.74, 6) is -0.785. The molecule has 29 heavy (non-hydrogen) atoms. The predicted molar refractivity (Wildman–Crippen MR) is 97.4 cm³/mol. The van der Waals surface area contributed by atoms with E-state index in [1.807, 2.05) is 0 Å². The first kappa shape index (κ1) is 20.3. The van der Waals surface area contributed by atoms with Crippen LogP contribution in [0.1, 0.15) is 21.7 Å². The number of H-pyrrole nitrogens is 1. The summed E-state index contributed by atoms with van der Waals surface area (Å²) in [5, 5.41) is 0.199. The summed E-state index contributed by atoms with van der Waals surface area (Å²) < 4.78 is 45.5. The largest absolute Gasteiger partial charge is 0.487 e. The van der Waals surface area contributed by atoms with Crippen molar-refractivity contribution >= 4 is 17.5 Å². The molecule has 150 valence electrons. The van der Waals surface area contributed by atoms with Gasteiger partial charge in [0.05, 0.1) is 18.1 Å². The number of carbonyl (C=O) groups excluding carboxylic acids is 1. The maximum atomic E-state index is 13.3. The van der Waals surface area contributed by atoms with Crippen LogP contribution in [0.2, 0.25) is 5.15 Å². The molecule has 1 amide bonds. The average Bonchev–Trinajstić information content (AvgIpc) is 2.66. The van der Waals surface area contributed by atoms with Crippen molar-refractivity contribution < 1.29 is 22.7 Å². The van der Waals surface area contributed by atoms with Gasteiger partial charge >= 0.3 is 6.18 Å². The number of nitrogens with zero attached hydrogens (tertiary/aromatic N) is 2. The van der Waals surface area contributed by atoms with Gasteiger partial charge in [0.1, 0.15) is 28.8 Å². The number of benzene rings is 1. The van der Waals surface area contributed by atoms with Crippen molar-refractivity contribution in [3.8, 4) is 16.9 Å². The summed E-state index contributed by atoms with van der Waals surface area (Å²) in [6.45, 7) is 0.0468. The first-order chi connectivity index (χ1) is 13.6. The number of hydrogen-bond acceptors (Lipinski definition) is 5. The van der Waals surface area contributed by atoms with Crippen LogP contribution in [0.3, 0.4) is 0 Å². The highest BCUT2D eigenvalue weighted by Gasteiger charge is 2.36. The standard InChI is InChI=1S/C18H12ClF3N4O3/c19-14-7-24-6-10(25-14)8-29-11-3-1-9(2-4-11)12-5-13(16(23)27)17(28)26-15(12)18(20,21)22/h1-7H,8H2,(H2,23,27)(H,26,28). The second kappa shape index (κ2) is 7.92. The lowest BCUT2D eigenvalue weighted by molar-refractivity contribution is -0.140. The smallest absolute Gasteiger partial charge is 0.431 e. The van der Waals surface area contributed by atoms with Gasteiger partial charge in [-0.05, 0) is 23.8 Å². The molecule has 0 aliphatic rings. The van der Waals surface area contributed by atoms with Gasteiger partial charge in [-0.3, -0.25) is 14.6 Å². The van der Waals surface area contributed by atoms with E-state index in [0.29, 0.717) is 11.4 Å². The maximum absolute atomic E-state index is 13.3. The van der Waals surface area contributed by atoms with Gasteiger partial charge in [0.25, 0.3) is 11.5 Å². The zero-order valence-corrected chi connectivity index (χ0v) is 15.2. The molecule has 0 atom stereocenters. The van der Waals surface area contributed by atoms with Crippen LogP contribution in [0.5, 0.6) is 5.75 Å². The van der Waals surface area contributed by atoms with Crippen LogP contribution in [-0.2, 0) is 12.8 Å². The Balaban J connectivity index is 1.91. The lowest BCUT2D eigenvalue weighted by atomic mass is 10.0. The molecular weight excluding hydrogens is 413 g/mol. The van der Waals surface area contributed by atoms with Crippen molar-refractivity contribution in [2.45, 2.75) is 12.8 Å². The van der Waals surface area contributed by atoms with E-state index >= 15 is 0 Å². The topological polar surface area (TPSA) is 111 Å². The highest BCUT2D eigenvalue weighted by atomic mass is 35.5. The number of rotatable bonds is 5. The van der Waals surface area contributed by atoms with Crippen molar-refractivity contribution in [3.63, 3.8) is 0 Å². The number of ether oxygens (including phenoxy) is 1. The number of hydrogen-bond donors (Lipinski definition) is 2. The number of pyridine rings is 1. The Morgan fingerprint density at radius 3 is 2.48 bits per heavy atom. The van der Waals surface area contributed by atoms with Crippen molar-refractivity contribution in [3.05, 3.63) is 75.2 Å². The molecule has 2 heterocycles. The van der Waals surface area contributed by atoms with Gasteiger partial charge in [-0.25, -0.2) is 4.98 Å². The van der Waals surface area contributed by atoms with Gasteiger partial charge in [-0.1, -0.05) is 23.7 Å².